The van der Waals surface area contributed by atoms with Crippen LogP contribution in [0.4, 0.5) is 0 Å². The number of hydrogen-bond donors (Lipinski definition) is 2. The smallest absolute Gasteiger partial charge is 0.212 e. The van der Waals surface area contributed by atoms with E-state index >= 15 is 0 Å². The Morgan fingerprint density at radius 1 is 1.38 bits per heavy atom. The van der Waals surface area contributed by atoms with Gasteiger partial charge in [0.2, 0.25) is 10.0 Å². The van der Waals surface area contributed by atoms with Gasteiger partial charge in [-0.3, -0.25) is 0 Å². The molecule has 6 heteroatoms. The van der Waals surface area contributed by atoms with Gasteiger partial charge in [0.05, 0.1) is 5.75 Å². The number of rotatable bonds is 6. The Hall–Kier alpha value is 0.160. The van der Waals surface area contributed by atoms with E-state index in [4.69, 9.17) is 0 Å². The van der Waals surface area contributed by atoms with E-state index in [1.165, 1.54) is 12.8 Å². The highest BCUT2D eigenvalue weighted by atomic mass is 35.5. The standard InChI is InChI=1S/C7H16N2O2S.ClH/c1-8-4-5-12(10,11)9-6-7-2-3-7;/h7-9H,2-6H2,1H3;1H. The van der Waals surface area contributed by atoms with Crippen LogP contribution in [0.5, 0.6) is 0 Å². The van der Waals surface area contributed by atoms with Crippen molar-refractivity contribution >= 4 is 22.4 Å². The van der Waals surface area contributed by atoms with Gasteiger partial charge in [-0.1, -0.05) is 0 Å². The molecule has 0 heterocycles. The van der Waals surface area contributed by atoms with E-state index in [1.807, 2.05) is 0 Å². The summed E-state index contributed by atoms with van der Waals surface area (Å²) in [7, 11) is -1.26. The highest BCUT2D eigenvalue weighted by molar-refractivity contribution is 7.89. The van der Waals surface area contributed by atoms with Gasteiger partial charge in [0, 0.05) is 13.1 Å². The maximum atomic E-state index is 11.2. The van der Waals surface area contributed by atoms with Crippen molar-refractivity contribution in [3.8, 4) is 0 Å². The van der Waals surface area contributed by atoms with Gasteiger partial charge in [-0.15, -0.1) is 12.4 Å². The maximum Gasteiger partial charge on any atom is 0.212 e. The molecule has 0 spiro atoms. The lowest BCUT2D eigenvalue weighted by atomic mass is 10.4. The summed E-state index contributed by atoms with van der Waals surface area (Å²) in [6.07, 6.45) is 2.35. The first-order valence-electron chi connectivity index (χ1n) is 4.26. The van der Waals surface area contributed by atoms with Crippen molar-refractivity contribution in [2.24, 2.45) is 5.92 Å². The average Bonchev–Trinajstić information content (AvgIpc) is 2.81. The van der Waals surface area contributed by atoms with Crippen molar-refractivity contribution in [3.05, 3.63) is 0 Å². The SMILES string of the molecule is CNCCS(=O)(=O)NCC1CC1.Cl. The molecule has 13 heavy (non-hydrogen) atoms. The molecule has 0 aromatic heterocycles. The third-order valence-electron chi connectivity index (χ3n) is 1.91. The van der Waals surface area contributed by atoms with Crippen LogP contribution in [0, 0.1) is 5.92 Å². The molecule has 80 valence electrons. The maximum absolute atomic E-state index is 11.2. The number of nitrogens with one attached hydrogen (secondary N) is 2. The lowest BCUT2D eigenvalue weighted by Crippen LogP contribution is -2.32. The number of halogens is 1. The summed E-state index contributed by atoms with van der Waals surface area (Å²) in [6, 6.07) is 0. The number of sulfonamides is 1. The Labute approximate surface area is 85.9 Å². The van der Waals surface area contributed by atoms with Crippen molar-refractivity contribution in [3.63, 3.8) is 0 Å². The average molecular weight is 229 g/mol. The predicted octanol–water partition coefficient (Wildman–Crippen LogP) is -0.0430. The molecule has 1 fully saturated rings. The van der Waals surface area contributed by atoms with Crippen LogP contribution in [0.15, 0.2) is 0 Å². The summed E-state index contributed by atoms with van der Waals surface area (Å²) < 4.78 is 24.9. The van der Waals surface area contributed by atoms with E-state index in [0.717, 1.165) is 0 Å². The minimum atomic E-state index is -3.01. The molecular formula is C7H17ClN2O2S. The van der Waals surface area contributed by atoms with E-state index in [0.29, 0.717) is 19.0 Å². The van der Waals surface area contributed by atoms with Crippen LogP contribution >= 0.6 is 12.4 Å². The van der Waals surface area contributed by atoms with Crippen LogP contribution in [-0.4, -0.2) is 34.3 Å². The molecule has 0 aromatic rings. The second-order valence-corrected chi connectivity index (χ2v) is 5.14. The zero-order valence-corrected chi connectivity index (χ0v) is 9.38. The van der Waals surface area contributed by atoms with Gasteiger partial charge in [0.1, 0.15) is 0 Å². The second kappa shape index (κ2) is 5.80. The van der Waals surface area contributed by atoms with Gasteiger partial charge in [-0.25, -0.2) is 13.1 Å². The van der Waals surface area contributed by atoms with Crippen LogP contribution in [0.1, 0.15) is 12.8 Å². The first-order valence-corrected chi connectivity index (χ1v) is 5.91. The lowest BCUT2D eigenvalue weighted by Gasteiger charge is -2.04. The first kappa shape index (κ1) is 13.2. The monoisotopic (exact) mass is 228 g/mol. The van der Waals surface area contributed by atoms with Crippen LogP contribution in [0.3, 0.4) is 0 Å². The Bertz CT molecular complexity index is 227. The fourth-order valence-electron chi connectivity index (χ4n) is 0.875. The van der Waals surface area contributed by atoms with E-state index in [2.05, 4.69) is 10.0 Å². The normalized spacial score (nSPS) is 16.7. The summed E-state index contributed by atoms with van der Waals surface area (Å²) in [5.41, 5.74) is 0. The van der Waals surface area contributed by atoms with Gasteiger partial charge in [-0.05, 0) is 25.8 Å². The molecule has 1 saturated carbocycles. The minimum Gasteiger partial charge on any atom is -0.319 e. The zero-order valence-electron chi connectivity index (χ0n) is 7.75. The van der Waals surface area contributed by atoms with Crippen LogP contribution < -0.4 is 10.0 Å². The van der Waals surface area contributed by atoms with E-state index in [-0.39, 0.29) is 18.2 Å². The second-order valence-electron chi connectivity index (χ2n) is 3.21. The Balaban J connectivity index is 0.00000144. The fraction of sp³-hybridized carbons (Fsp3) is 1.00. The summed E-state index contributed by atoms with van der Waals surface area (Å²) in [6.45, 7) is 1.14. The van der Waals surface area contributed by atoms with Crippen molar-refractivity contribution in [2.45, 2.75) is 12.8 Å². The van der Waals surface area contributed by atoms with Gasteiger partial charge < -0.3 is 5.32 Å². The summed E-state index contributed by atoms with van der Waals surface area (Å²) in [5.74, 6) is 0.783. The molecule has 0 aliphatic heterocycles. The third kappa shape index (κ3) is 6.26. The summed E-state index contributed by atoms with van der Waals surface area (Å²) in [4.78, 5) is 0. The quantitative estimate of drug-likeness (QED) is 0.671. The minimum absolute atomic E-state index is 0. The Kier molecular flexibility index (Phi) is 5.87. The van der Waals surface area contributed by atoms with Crippen LogP contribution in [0.25, 0.3) is 0 Å². The van der Waals surface area contributed by atoms with Gasteiger partial charge >= 0.3 is 0 Å². The van der Waals surface area contributed by atoms with Gasteiger partial charge in [0.15, 0.2) is 0 Å². The first-order chi connectivity index (χ1) is 5.64. The van der Waals surface area contributed by atoms with E-state index < -0.39 is 10.0 Å². The molecule has 0 radical (unpaired) electrons. The molecular weight excluding hydrogens is 212 g/mol. The predicted molar refractivity (Wildman–Crippen MR) is 55.7 cm³/mol. The summed E-state index contributed by atoms with van der Waals surface area (Å²) >= 11 is 0. The molecule has 0 bridgehead atoms. The van der Waals surface area contributed by atoms with E-state index in [1.54, 1.807) is 7.05 Å². The van der Waals surface area contributed by atoms with E-state index in [9.17, 15) is 8.42 Å². The highest BCUT2D eigenvalue weighted by Crippen LogP contribution is 2.27. The molecule has 1 aliphatic rings. The third-order valence-corrected chi connectivity index (χ3v) is 3.26. The fourth-order valence-corrected chi connectivity index (χ4v) is 1.98. The number of hydrogen-bond acceptors (Lipinski definition) is 3. The van der Waals surface area contributed by atoms with Crippen LogP contribution in [0.2, 0.25) is 0 Å². The topological polar surface area (TPSA) is 58.2 Å². The molecule has 0 saturated heterocycles. The van der Waals surface area contributed by atoms with Crippen molar-refractivity contribution in [1.29, 1.82) is 0 Å². The molecule has 1 rings (SSSR count). The molecule has 0 amide bonds. The molecule has 0 aromatic carbocycles. The Morgan fingerprint density at radius 3 is 2.46 bits per heavy atom. The van der Waals surface area contributed by atoms with Crippen molar-refractivity contribution in [2.75, 3.05) is 25.9 Å². The van der Waals surface area contributed by atoms with Gasteiger partial charge in [0.25, 0.3) is 0 Å². The van der Waals surface area contributed by atoms with Crippen molar-refractivity contribution < 1.29 is 8.42 Å². The molecule has 1 aliphatic carbocycles. The molecule has 0 atom stereocenters. The van der Waals surface area contributed by atoms with Crippen LogP contribution in [-0.2, 0) is 10.0 Å². The Morgan fingerprint density at radius 2 is 2.00 bits per heavy atom. The summed E-state index contributed by atoms with van der Waals surface area (Å²) in [5, 5.41) is 2.81. The lowest BCUT2D eigenvalue weighted by molar-refractivity contribution is 0.575. The molecule has 0 unspecified atom stereocenters. The van der Waals surface area contributed by atoms with Crippen molar-refractivity contribution in [1.82, 2.24) is 10.0 Å². The molecule has 2 N–H and O–H groups in total. The highest BCUT2D eigenvalue weighted by Gasteiger charge is 2.22. The largest absolute Gasteiger partial charge is 0.319 e. The van der Waals surface area contributed by atoms with Gasteiger partial charge in [-0.2, -0.15) is 0 Å². The zero-order chi connectivity index (χ0) is 9.03. The molecule has 4 nitrogen and oxygen atoms in total.